The van der Waals surface area contributed by atoms with Crippen LogP contribution in [0.1, 0.15) is 30.1 Å². The number of aryl methyl sites for hydroxylation is 1. The van der Waals surface area contributed by atoms with Crippen LogP contribution < -0.4 is 0 Å². The molecular weight excluding hydrogens is 306 g/mol. The van der Waals surface area contributed by atoms with Gasteiger partial charge in [-0.15, -0.1) is 0 Å². The molecule has 4 nitrogen and oxygen atoms in total. The van der Waals surface area contributed by atoms with Gasteiger partial charge in [-0.3, -0.25) is 0 Å². The molecule has 21 heavy (non-hydrogen) atoms. The Labute approximate surface area is 134 Å². The van der Waals surface area contributed by atoms with Crippen molar-refractivity contribution in [2.45, 2.75) is 25.8 Å². The van der Waals surface area contributed by atoms with E-state index in [-0.39, 0.29) is 12.5 Å². The molecule has 0 amide bonds. The Hall–Kier alpha value is -1.04. The molecule has 114 valence electrons. The maximum absolute atomic E-state index is 9.21. The molecule has 1 aromatic heterocycles. The van der Waals surface area contributed by atoms with E-state index in [1.165, 1.54) is 0 Å². The second-order valence-corrected chi connectivity index (χ2v) is 6.27. The molecular formula is C15H20ClN3OS. The van der Waals surface area contributed by atoms with Gasteiger partial charge in [0.15, 0.2) is 5.82 Å². The number of aliphatic hydroxyl groups is 1. The maximum Gasteiger partial charge on any atom is 0.151 e. The SMILES string of the molecule is CSCCc1nc([C@H](C)c2ccc(Cl)cc2)n(CCO)n1. The van der Waals surface area contributed by atoms with Gasteiger partial charge in [-0.2, -0.15) is 16.9 Å². The van der Waals surface area contributed by atoms with E-state index in [4.69, 9.17) is 11.6 Å². The average molecular weight is 326 g/mol. The molecule has 0 saturated heterocycles. The van der Waals surface area contributed by atoms with Crippen molar-refractivity contribution in [2.75, 3.05) is 18.6 Å². The smallest absolute Gasteiger partial charge is 0.151 e. The molecule has 0 unspecified atom stereocenters. The molecule has 0 spiro atoms. The number of halogens is 1. The summed E-state index contributed by atoms with van der Waals surface area (Å²) >= 11 is 7.71. The number of hydrogen-bond donors (Lipinski definition) is 1. The summed E-state index contributed by atoms with van der Waals surface area (Å²) in [5, 5.41) is 14.4. The maximum atomic E-state index is 9.21. The Kier molecular flexibility index (Phi) is 6.08. The van der Waals surface area contributed by atoms with E-state index in [2.05, 4.69) is 23.3 Å². The standard InChI is InChI=1S/C15H20ClN3OS/c1-11(12-3-5-13(16)6-4-12)15-17-14(7-10-21-2)18-19(15)8-9-20/h3-6,11,20H,7-10H2,1-2H3/t11-/m1/s1. The van der Waals surface area contributed by atoms with Gasteiger partial charge in [0, 0.05) is 23.1 Å². The summed E-state index contributed by atoms with van der Waals surface area (Å²) in [6.45, 7) is 2.63. The van der Waals surface area contributed by atoms with E-state index in [9.17, 15) is 5.11 Å². The van der Waals surface area contributed by atoms with Gasteiger partial charge in [-0.25, -0.2) is 9.67 Å². The van der Waals surface area contributed by atoms with Gasteiger partial charge in [0.1, 0.15) is 5.82 Å². The first-order valence-electron chi connectivity index (χ1n) is 6.94. The normalized spacial score (nSPS) is 12.6. The molecule has 0 aliphatic carbocycles. The highest BCUT2D eigenvalue weighted by atomic mass is 35.5. The lowest BCUT2D eigenvalue weighted by molar-refractivity contribution is 0.266. The number of aliphatic hydroxyl groups excluding tert-OH is 1. The van der Waals surface area contributed by atoms with Crippen LogP contribution in [0.15, 0.2) is 24.3 Å². The molecule has 1 heterocycles. The third-order valence-electron chi connectivity index (χ3n) is 3.34. The molecule has 6 heteroatoms. The Morgan fingerprint density at radius 2 is 2.05 bits per heavy atom. The number of thioether (sulfide) groups is 1. The molecule has 0 fully saturated rings. The molecule has 1 atom stereocenters. The van der Waals surface area contributed by atoms with Gasteiger partial charge < -0.3 is 5.11 Å². The summed E-state index contributed by atoms with van der Waals surface area (Å²) in [5.74, 6) is 2.85. The molecule has 0 radical (unpaired) electrons. The quantitative estimate of drug-likeness (QED) is 0.850. The summed E-state index contributed by atoms with van der Waals surface area (Å²) in [4.78, 5) is 4.66. The van der Waals surface area contributed by atoms with Crippen molar-refractivity contribution in [2.24, 2.45) is 0 Å². The van der Waals surface area contributed by atoms with E-state index in [1.54, 1.807) is 11.8 Å². The van der Waals surface area contributed by atoms with E-state index in [0.717, 1.165) is 34.4 Å². The van der Waals surface area contributed by atoms with Crippen LogP contribution in [0.3, 0.4) is 0 Å². The van der Waals surface area contributed by atoms with E-state index in [0.29, 0.717) is 6.54 Å². The number of nitrogens with zero attached hydrogens (tertiary/aromatic N) is 3. The topological polar surface area (TPSA) is 50.9 Å². The van der Waals surface area contributed by atoms with Gasteiger partial charge in [0.25, 0.3) is 0 Å². The zero-order valence-electron chi connectivity index (χ0n) is 12.3. The largest absolute Gasteiger partial charge is 0.394 e. The van der Waals surface area contributed by atoms with Gasteiger partial charge in [-0.1, -0.05) is 30.7 Å². The van der Waals surface area contributed by atoms with E-state index < -0.39 is 0 Å². The number of rotatable bonds is 7. The first-order chi connectivity index (χ1) is 10.2. The van der Waals surface area contributed by atoms with Crippen molar-refractivity contribution in [3.05, 3.63) is 46.5 Å². The minimum absolute atomic E-state index is 0.0612. The Morgan fingerprint density at radius 3 is 2.67 bits per heavy atom. The number of hydrogen-bond acceptors (Lipinski definition) is 4. The highest BCUT2D eigenvalue weighted by Crippen LogP contribution is 2.24. The molecule has 2 aromatic rings. The molecule has 2 rings (SSSR count). The lowest BCUT2D eigenvalue weighted by Gasteiger charge is -2.12. The second kappa shape index (κ2) is 7.82. The lowest BCUT2D eigenvalue weighted by atomic mass is 10.0. The Morgan fingerprint density at radius 1 is 1.33 bits per heavy atom. The first-order valence-corrected chi connectivity index (χ1v) is 8.71. The third-order valence-corrected chi connectivity index (χ3v) is 4.21. The van der Waals surface area contributed by atoms with Crippen LogP contribution in [0, 0.1) is 0 Å². The fourth-order valence-corrected chi connectivity index (χ4v) is 2.69. The second-order valence-electron chi connectivity index (χ2n) is 4.85. The summed E-state index contributed by atoms with van der Waals surface area (Å²) in [6, 6.07) is 7.78. The van der Waals surface area contributed by atoms with Crippen LogP contribution in [-0.4, -0.2) is 38.5 Å². The van der Waals surface area contributed by atoms with Crippen LogP contribution >= 0.6 is 23.4 Å². The zero-order chi connectivity index (χ0) is 15.2. The molecule has 1 aromatic carbocycles. The molecule has 0 aliphatic heterocycles. The van der Waals surface area contributed by atoms with Crippen molar-refractivity contribution in [1.29, 1.82) is 0 Å². The highest BCUT2D eigenvalue weighted by molar-refractivity contribution is 7.98. The van der Waals surface area contributed by atoms with Gasteiger partial charge in [0.05, 0.1) is 13.2 Å². The fraction of sp³-hybridized carbons (Fsp3) is 0.467. The minimum Gasteiger partial charge on any atom is -0.394 e. The predicted molar refractivity (Wildman–Crippen MR) is 88.2 cm³/mol. The molecule has 0 bridgehead atoms. The van der Waals surface area contributed by atoms with Crippen LogP contribution in [0.25, 0.3) is 0 Å². The predicted octanol–water partition coefficient (Wildman–Crippen LogP) is 2.98. The zero-order valence-corrected chi connectivity index (χ0v) is 13.9. The molecule has 1 N–H and O–H groups in total. The summed E-state index contributed by atoms with van der Waals surface area (Å²) < 4.78 is 1.81. The summed E-state index contributed by atoms with van der Waals surface area (Å²) in [7, 11) is 0. The van der Waals surface area contributed by atoms with Crippen LogP contribution in [0.4, 0.5) is 0 Å². The van der Waals surface area contributed by atoms with E-state index in [1.807, 2.05) is 28.9 Å². The number of aromatic nitrogens is 3. The summed E-state index contributed by atoms with van der Waals surface area (Å²) in [5.41, 5.74) is 1.14. The van der Waals surface area contributed by atoms with Gasteiger partial charge in [-0.05, 0) is 24.0 Å². The van der Waals surface area contributed by atoms with Crippen molar-refractivity contribution >= 4 is 23.4 Å². The monoisotopic (exact) mass is 325 g/mol. The molecule has 0 aliphatic rings. The Bertz CT molecular complexity index is 571. The van der Waals surface area contributed by atoms with Crippen LogP contribution in [0.5, 0.6) is 0 Å². The number of benzene rings is 1. The average Bonchev–Trinajstić information content (AvgIpc) is 2.88. The van der Waals surface area contributed by atoms with Crippen LogP contribution in [-0.2, 0) is 13.0 Å². The van der Waals surface area contributed by atoms with Crippen molar-refractivity contribution in [3.8, 4) is 0 Å². The third kappa shape index (κ3) is 4.22. The van der Waals surface area contributed by atoms with E-state index >= 15 is 0 Å². The van der Waals surface area contributed by atoms with Crippen molar-refractivity contribution < 1.29 is 5.11 Å². The molecule has 0 saturated carbocycles. The Balaban J connectivity index is 2.27. The van der Waals surface area contributed by atoms with Crippen molar-refractivity contribution in [1.82, 2.24) is 14.8 Å². The lowest BCUT2D eigenvalue weighted by Crippen LogP contribution is -2.12. The van der Waals surface area contributed by atoms with Gasteiger partial charge >= 0.3 is 0 Å². The first kappa shape index (κ1) is 16.3. The van der Waals surface area contributed by atoms with Gasteiger partial charge in [0.2, 0.25) is 0 Å². The summed E-state index contributed by atoms with van der Waals surface area (Å²) in [6.07, 6.45) is 2.92. The fourth-order valence-electron chi connectivity index (χ4n) is 2.18. The highest BCUT2D eigenvalue weighted by Gasteiger charge is 2.17. The minimum atomic E-state index is 0.0612. The van der Waals surface area contributed by atoms with Crippen molar-refractivity contribution in [3.63, 3.8) is 0 Å². The van der Waals surface area contributed by atoms with Crippen LogP contribution in [0.2, 0.25) is 5.02 Å².